The van der Waals surface area contributed by atoms with Gasteiger partial charge in [-0.15, -0.1) is 10.2 Å². The van der Waals surface area contributed by atoms with Gasteiger partial charge in [-0.1, -0.05) is 5.16 Å². The molecule has 0 spiro atoms. The lowest BCUT2D eigenvalue weighted by molar-refractivity contribution is 0.102. The van der Waals surface area contributed by atoms with E-state index in [1.54, 1.807) is 25.1 Å². The number of piperazine rings is 1. The fourth-order valence-corrected chi connectivity index (χ4v) is 3.09. The first-order chi connectivity index (χ1) is 14.1. The molecule has 0 atom stereocenters. The van der Waals surface area contributed by atoms with Crippen LogP contribution in [0.2, 0.25) is 0 Å². The lowest BCUT2D eigenvalue weighted by Gasteiger charge is -2.34. The van der Waals surface area contributed by atoms with Gasteiger partial charge in [-0.2, -0.15) is 0 Å². The molecule has 0 radical (unpaired) electrons. The Morgan fingerprint density at radius 3 is 2.38 bits per heavy atom. The molecular weight excluding hydrogens is 370 g/mol. The van der Waals surface area contributed by atoms with Crippen LogP contribution in [0.3, 0.4) is 0 Å². The van der Waals surface area contributed by atoms with E-state index in [2.05, 4.69) is 55.0 Å². The molecule has 2 N–H and O–H groups in total. The monoisotopic (exact) mass is 393 g/mol. The highest BCUT2D eigenvalue weighted by atomic mass is 16.5. The van der Waals surface area contributed by atoms with Crippen LogP contribution in [0.1, 0.15) is 16.2 Å². The van der Waals surface area contributed by atoms with Crippen LogP contribution in [0.25, 0.3) is 0 Å². The van der Waals surface area contributed by atoms with Crippen molar-refractivity contribution in [1.29, 1.82) is 0 Å². The molecule has 0 bridgehead atoms. The molecule has 1 aromatic carbocycles. The third-order valence-electron chi connectivity index (χ3n) is 4.77. The van der Waals surface area contributed by atoms with Gasteiger partial charge in [-0.3, -0.25) is 4.79 Å². The van der Waals surface area contributed by atoms with Gasteiger partial charge in [0, 0.05) is 43.6 Å². The zero-order valence-corrected chi connectivity index (χ0v) is 16.4. The Morgan fingerprint density at radius 2 is 1.76 bits per heavy atom. The molecule has 3 aromatic rings. The molecule has 3 heterocycles. The van der Waals surface area contributed by atoms with Gasteiger partial charge in [0.1, 0.15) is 5.76 Å². The SMILES string of the molecule is Cc1cc(NC(=O)c2ccc(Nc3ccc(N4CCN(C)CC4)cc3)nn2)no1. The molecule has 9 heteroatoms. The lowest BCUT2D eigenvalue weighted by atomic mass is 10.2. The predicted molar refractivity (Wildman–Crippen MR) is 111 cm³/mol. The van der Waals surface area contributed by atoms with Crippen LogP contribution in [0.4, 0.5) is 23.0 Å². The number of anilines is 4. The molecule has 1 aliphatic rings. The van der Waals surface area contributed by atoms with Crippen LogP contribution >= 0.6 is 0 Å². The number of hydrogen-bond donors (Lipinski definition) is 2. The van der Waals surface area contributed by atoms with Crippen LogP contribution in [-0.2, 0) is 0 Å². The van der Waals surface area contributed by atoms with Crippen molar-refractivity contribution in [2.24, 2.45) is 0 Å². The van der Waals surface area contributed by atoms with Crippen molar-refractivity contribution in [3.63, 3.8) is 0 Å². The highest BCUT2D eigenvalue weighted by molar-refractivity contribution is 6.02. The highest BCUT2D eigenvalue weighted by Crippen LogP contribution is 2.21. The summed E-state index contributed by atoms with van der Waals surface area (Å²) in [5.74, 6) is 1.13. The zero-order chi connectivity index (χ0) is 20.2. The summed E-state index contributed by atoms with van der Waals surface area (Å²) >= 11 is 0. The van der Waals surface area contributed by atoms with Crippen molar-refractivity contribution in [3.05, 3.63) is 53.9 Å². The summed E-state index contributed by atoms with van der Waals surface area (Å²) in [6.07, 6.45) is 0. The summed E-state index contributed by atoms with van der Waals surface area (Å²) in [6.45, 7) is 5.97. The highest BCUT2D eigenvalue weighted by Gasteiger charge is 2.14. The van der Waals surface area contributed by atoms with Gasteiger partial charge in [-0.05, 0) is 50.4 Å². The van der Waals surface area contributed by atoms with E-state index in [9.17, 15) is 4.79 Å². The fourth-order valence-electron chi connectivity index (χ4n) is 3.09. The standard InChI is InChI=1S/C20H23N7O2/c1-14-13-19(25-29-14)22-20(28)17-7-8-18(24-23-17)21-15-3-5-16(6-4-15)27-11-9-26(2)10-12-27/h3-8,13H,9-12H2,1-2H3,(H,21,24)(H,22,25,28). The van der Waals surface area contributed by atoms with E-state index in [1.165, 1.54) is 5.69 Å². The largest absolute Gasteiger partial charge is 0.369 e. The van der Waals surface area contributed by atoms with E-state index >= 15 is 0 Å². The third kappa shape index (κ3) is 4.69. The summed E-state index contributed by atoms with van der Waals surface area (Å²) in [5.41, 5.74) is 2.32. The van der Waals surface area contributed by atoms with Gasteiger partial charge in [-0.25, -0.2) is 0 Å². The molecule has 0 saturated carbocycles. The van der Waals surface area contributed by atoms with Gasteiger partial charge in [0.2, 0.25) is 0 Å². The predicted octanol–water partition coefficient (Wildman–Crippen LogP) is 2.52. The fraction of sp³-hybridized carbons (Fsp3) is 0.300. The van der Waals surface area contributed by atoms with Crippen LogP contribution < -0.4 is 15.5 Å². The number of amides is 1. The normalized spacial score (nSPS) is 14.6. The molecule has 0 aliphatic carbocycles. The van der Waals surface area contributed by atoms with E-state index in [1.807, 2.05) is 12.1 Å². The van der Waals surface area contributed by atoms with Crippen LogP contribution in [0.15, 0.2) is 47.0 Å². The maximum Gasteiger partial charge on any atom is 0.277 e. The van der Waals surface area contributed by atoms with Crippen molar-refractivity contribution in [2.75, 3.05) is 48.8 Å². The summed E-state index contributed by atoms with van der Waals surface area (Å²) < 4.78 is 4.92. The van der Waals surface area contributed by atoms with E-state index in [-0.39, 0.29) is 5.69 Å². The van der Waals surface area contributed by atoms with Gasteiger partial charge in [0.05, 0.1) is 0 Å². The first kappa shape index (κ1) is 18.9. The van der Waals surface area contributed by atoms with Crippen molar-refractivity contribution in [2.45, 2.75) is 6.92 Å². The molecule has 0 unspecified atom stereocenters. The molecule has 1 aliphatic heterocycles. The Kier molecular flexibility index (Phi) is 5.39. The van der Waals surface area contributed by atoms with Gasteiger partial charge in [0.25, 0.3) is 5.91 Å². The van der Waals surface area contributed by atoms with E-state index < -0.39 is 5.91 Å². The molecule has 9 nitrogen and oxygen atoms in total. The van der Waals surface area contributed by atoms with E-state index in [0.29, 0.717) is 17.4 Å². The minimum absolute atomic E-state index is 0.196. The van der Waals surface area contributed by atoms with Gasteiger partial charge < -0.3 is 25.0 Å². The molecule has 2 aromatic heterocycles. The number of carbonyl (C=O) groups excluding carboxylic acids is 1. The molecule has 150 valence electrons. The summed E-state index contributed by atoms with van der Waals surface area (Å²) in [6, 6.07) is 13.2. The third-order valence-corrected chi connectivity index (χ3v) is 4.77. The Balaban J connectivity index is 1.35. The maximum atomic E-state index is 12.2. The molecule has 1 saturated heterocycles. The maximum absolute atomic E-state index is 12.2. The Hall–Kier alpha value is -3.46. The van der Waals surface area contributed by atoms with E-state index in [0.717, 1.165) is 31.9 Å². The second kappa shape index (κ2) is 8.27. The zero-order valence-electron chi connectivity index (χ0n) is 16.4. The average molecular weight is 393 g/mol. The molecule has 29 heavy (non-hydrogen) atoms. The van der Waals surface area contributed by atoms with Crippen LogP contribution in [0, 0.1) is 6.92 Å². The van der Waals surface area contributed by atoms with Crippen LogP contribution in [0.5, 0.6) is 0 Å². The number of aromatic nitrogens is 3. The quantitative estimate of drug-likeness (QED) is 0.682. The van der Waals surface area contributed by atoms with Crippen molar-refractivity contribution in [3.8, 4) is 0 Å². The van der Waals surface area contributed by atoms with Crippen molar-refractivity contribution in [1.82, 2.24) is 20.3 Å². The minimum Gasteiger partial charge on any atom is -0.369 e. The minimum atomic E-state index is -0.395. The van der Waals surface area contributed by atoms with Gasteiger partial charge in [0.15, 0.2) is 17.3 Å². The number of likely N-dealkylation sites (N-methyl/N-ethyl adjacent to an activating group) is 1. The first-order valence-electron chi connectivity index (χ1n) is 9.46. The number of rotatable bonds is 5. The average Bonchev–Trinajstić information content (AvgIpc) is 3.14. The number of nitrogens with one attached hydrogen (secondary N) is 2. The summed E-state index contributed by atoms with van der Waals surface area (Å²) in [7, 11) is 2.15. The van der Waals surface area contributed by atoms with E-state index in [4.69, 9.17) is 4.52 Å². The van der Waals surface area contributed by atoms with Crippen molar-refractivity contribution >= 4 is 28.9 Å². The molecular formula is C20H23N7O2. The molecule has 1 fully saturated rings. The van der Waals surface area contributed by atoms with Gasteiger partial charge >= 0.3 is 0 Å². The van der Waals surface area contributed by atoms with Crippen molar-refractivity contribution < 1.29 is 9.32 Å². The topological polar surface area (TPSA) is 99.4 Å². The number of carbonyl (C=O) groups is 1. The number of benzene rings is 1. The molecule has 1 amide bonds. The Bertz CT molecular complexity index is 961. The Labute approximate surface area is 168 Å². The second-order valence-electron chi connectivity index (χ2n) is 7.04. The Morgan fingerprint density at radius 1 is 1.00 bits per heavy atom. The molecule has 4 rings (SSSR count). The smallest absolute Gasteiger partial charge is 0.277 e. The lowest BCUT2D eigenvalue weighted by Crippen LogP contribution is -2.44. The number of aryl methyl sites for hydroxylation is 1. The number of nitrogens with zero attached hydrogens (tertiary/aromatic N) is 5. The summed E-state index contributed by atoms with van der Waals surface area (Å²) in [5, 5.41) is 17.6. The number of hydrogen-bond acceptors (Lipinski definition) is 8. The first-order valence-corrected chi connectivity index (χ1v) is 9.46. The van der Waals surface area contributed by atoms with Crippen LogP contribution in [-0.4, -0.2) is 59.4 Å². The summed E-state index contributed by atoms with van der Waals surface area (Å²) in [4.78, 5) is 16.9. The second-order valence-corrected chi connectivity index (χ2v) is 7.04.